The van der Waals surface area contributed by atoms with E-state index in [0.29, 0.717) is 6.54 Å². The molecule has 4 rings (SSSR count). The lowest BCUT2D eigenvalue weighted by molar-refractivity contribution is 0.787. The number of para-hydroxylation sites is 1. The lowest BCUT2D eigenvalue weighted by Gasteiger charge is -2.11. The number of aromatic amines is 1. The number of aliphatic imine (C=N–C) groups is 1. The van der Waals surface area contributed by atoms with Crippen LogP contribution in [0.5, 0.6) is 0 Å². The number of H-pyrrole nitrogens is 1. The summed E-state index contributed by atoms with van der Waals surface area (Å²) in [5.41, 5.74) is 4.69. The zero-order valence-corrected chi connectivity index (χ0v) is 19.7. The SMILES string of the molecule is CCNC(=NCCc1nnc2ccccn12)NCCc1c[nH]c2c(C)cccc12.I. The molecule has 0 aliphatic rings. The zero-order chi connectivity index (χ0) is 20.1. The van der Waals surface area contributed by atoms with Crippen LogP contribution in [0, 0.1) is 6.92 Å². The molecule has 0 spiro atoms. The number of halogens is 1. The second-order valence-corrected chi connectivity index (χ2v) is 7.04. The van der Waals surface area contributed by atoms with Gasteiger partial charge in [0.2, 0.25) is 0 Å². The van der Waals surface area contributed by atoms with Crippen molar-refractivity contribution in [2.75, 3.05) is 19.6 Å². The predicted octanol–water partition coefficient (Wildman–Crippen LogP) is 3.48. The highest BCUT2D eigenvalue weighted by Crippen LogP contribution is 2.21. The summed E-state index contributed by atoms with van der Waals surface area (Å²) in [6.07, 6.45) is 5.77. The molecular weight excluding hydrogens is 489 g/mol. The van der Waals surface area contributed by atoms with E-state index in [0.717, 1.165) is 43.4 Å². The number of benzene rings is 1. The van der Waals surface area contributed by atoms with E-state index in [1.165, 1.54) is 22.0 Å². The van der Waals surface area contributed by atoms with Crippen LogP contribution in [0.3, 0.4) is 0 Å². The van der Waals surface area contributed by atoms with Crippen molar-refractivity contribution in [3.8, 4) is 0 Å². The predicted molar refractivity (Wildman–Crippen MR) is 133 cm³/mol. The largest absolute Gasteiger partial charge is 0.361 e. The van der Waals surface area contributed by atoms with E-state index >= 15 is 0 Å². The molecule has 0 saturated heterocycles. The Bertz CT molecular complexity index is 1130. The minimum atomic E-state index is 0. The van der Waals surface area contributed by atoms with Gasteiger partial charge in [0, 0.05) is 49.4 Å². The molecule has 7 nitrogen and oxygen atoms in total. The number of nitrogens with one attached hydrogen (secondary N) is 3. The molecule has 1 aromatic carbocycles. The third-order valence-electron chi connectivity index (χ3n) is 5.03. The molecule has 0 unspecified atom stereocenters. The standard InChI is InChI=1S/C22H27N7.HI/c1-3-23-22(25-13-11-20-28-27-19-9-4-5-14-29(19)20)24-12-10-17-15-26-21-16(2)7-6-8-18(17)21;/h4-9,14-15,26H,3,10-13H2,1-2H3,(H2,23,24,25);1H. The molecule has 4 aromatic rings. The van der Waals surface area contributed by atoms with Gasteiger partial charge in [0.25, 0.3) is 0 Å². The maximum atomic E-state index is 4.70. The van der Waals surface area contributed by atoms with E-state index in [9.17, 15) is 0 Å². The van der Waals surface area contributed by atoms with Crippen LogP contribution < -0.4 is 10.6 Å². The second kappa shape index (κ2) is 10.4. The van der Waals surface area contributed by atoms with Gasteiger partial charge in [-0.2, -0.15) is 0 Å². The Balaban J connectivity index is 0.00000256. The average Bonchev–Trinajstić information content (AvgIpc) is 3.33. The highest BCUT2D eigenvalue weighted by molar-refractivity contribution is 14.0. The number of pyridine rings is 1. The second-order valence-electron chi connectivity index (χ2n) is 7.04. The van der Waals surface area contributed by atoms with Crippen LogP contribution in [0.1, 0.15) is 23.9 Å². The van der Waals surface area contributed by atoms with Crippen molar-refractivity contribution >= 4 is 46.5 Å². The van der Waals surface area contributed by atoms with Crippen LogP contribution >= 0.6 is 24.0 Å². The summed E-state index contributed by atoms with van der Waals surface area (Å²) in [6.45, 7) is 6.50. The smallest absolute Gasteiger partial charge is 0.191 e. The minimum Gasteiger partial charge on any atom is -0.361 e. The minimum absolute atomic E-state index is 0. The van der Waals surface area contributed by atoms with E-state index in [1.807, 2.05) is 28.8 Å². The highest BCUT2D eigenvalue weighted by Gasteiger charge is 2.07. The fraction of sp³-hybridized carbons (Fsp3) is 0.318. The van der Waals surface area contributed by atoms with Crippen molar-refractivity contribution in [3.05, 3.63) is 65.7 Å². The number of hydrogen-bond acceptors (Lipinski definition) is 3. The van der Waals surface area contributed by atoms with Gasteiger partial charge in [-0.3, -0.25) is 9.39 Å². The van der Waals surface area contributed by atoms with Crippen molar-refractivity contribution in [1.82, 2.24) is 30.2 Å². The molecular formula is C22H28IN7. The van der Waals surface area contributed by atoms with Gasteiger partial charge < -0.3 is 15.6 Å². The highest BCUT2D eigenvalue weighted by atomic mass is 127. The first kappa shape index (κ1) is 22.1. The number of hydrogen-bond donors (Lipinski definition) is 3. The van der Waals surface area contributed by atoms with Crippen molar-refractivity contribution in [2.24, 2.45) is 4.99 Å². The summed E-state index contributed by atoms with van der Waals surface area (Å²) < 4.78 is 2.01. The monoisotopic (exact) mass is 517 g/mol. The van der Waals surface area contributed by atoms with Crippen LogP contribution in [0.25, 0.3) is 16.6 Å². The van der Waals surface area contributed by atoms with Gasteiger partial charge in [-0.05, 0) is 43.5 Å². The quantitative estimate of drug-likeness (QED) is 0.199. The van der Waals surface area contributed by atoms with Crippen LogP contribution in [-0.4, -0.2) is 45.2 Å². The summed E-state index contributed by atoms with van der Waals surface area (Å²) >= 11 is 0. The topological polar surface area (TPSA) is 82.4 Å². The number of aromatic nitrogens is 4. The first-order valence-corrected chi connectivity index (χ1v) is 10.1. The van der Waals surface area contributed by atoms with Crippen molar-refractivity contribution in [2.45, 2.75) is 26.7 Å². The van der Waals surface area contributed by atoms with Crippen molar-refractivity contribution in [1.29, 1.82) is 0 Å². The maximum Gasteiger partial charge on any atom is 0.191 e. The summed E-state index contributed by atoms with van der Waals surface area (Å²) in [5.74, 6) is 1.76. The molecule has 158 valence electrons. The molecule has 0 fully saturated rings. The molecule has 3 heterocycles. The lowest BCUT2D eigenvalue weighted by atomic mass is 10.1. The van der Waals surface area contributed by atoms with E-state index in [2.05, 4.69) is 64.1 Å². The van der Waals surface area contributed by atoms with E-state index in [-0.39, 0.29) is 24.0 Å². The molecule has 0 radical (unpaired) electrons. The van der Waals surface area contributed by atoms with Crippen LogP contribution in [0.2, 0.25) is 0 Å². The van der Waals surface area contributed by atoms with Crippen LogP contribution in [-0.2, 0) is 12.8 Å². The van der Waals surface area contributed by atoms with E-state index in [1.54, 1.807) is 0 Å². The Kier molecular flexibility index (Phi) is 7.67. The zero-order valence-electron chi connectivity index (χ0n) is 17.4. The summed E-state index contributed by atoms with van der Waals surface area (Å²) in [7, 11) is 0. The Labute approximate surface area is 193 Å². The normalized spacial score (nSPS) is 11.6. The van der Waals surface area contributed by atoms with Crippen LogP contribution in [0.4, 0.5) is 0 Å². The number of rotatable bonds is 7. The molecule has 8 heteroatoms. The van der Waals surface area contributed by atoms with Crippen molar-refractivity contribution < 1.29 is 0 Å². The molecule has 0 amide bonds. The first-order chi connectivity index (χ1) is 14.3. The fourth-order valence-electron chi connectivity index (χ4n) is 3.56. The molecule has 0 aliphatic carbocycles. The van der Waals surface area contributed by atoms with Gasteiger partial charge >= 0.3 is 0 Å². The molecule has 30 heavy (non-hydrogen) atoms. The van der Waals surface area contributed by atoms with Crippen molar-refractivity contribution in [3.63, 3.8) is 0 Å². The summed E-state index contributed by atoms with van der Waals surface area (Å²) in [5, 5.41) is 16.5. The van der Waals surface area contributed by atoms with Gasteiger partial charge in [0.1, 0.15) is 5.82 Å². The van der Waals surface area contributed by atoms with Crippen LogP contribution in [0.15, 0.2) is 53.8 Å². The lowest BCUT2D eigenvalue weighted by Crippen LogP contribution is -2.38. The van der Waals surface area contributed by atoms with Gasteiger partial charge in [-0.1, -0.05) is 24.3 Å². The van der Waals surface area contributed by atoms with E-state index in [4.69, 9.17) is 4.99 Å². The third-order valence-corrected chi connectivity index (χ3v) is 5.03. The van der Waals surface area contributed by atoms with Gasteiger partial charge in [-0.25, -0.2) is 0 Å². The molecule has 0 saturated carbocycles. The van der Waals surface area contributed by atoms with Gasteiger partial charge in [-0.15, -0.1) is 34.2 Å². The number of nitrogens with zero attached hydrogens (tertiary/aromatic N) is 4. The Morgan fingerprint density at radius 1 is 1.10 bits per heavy atom. The number of guanidine groups is 1. The van der Waals surface area contributed by atoms with Gasteiger partial charge in [0.05, 0.1) is 0 Å². The average molecular weight is 517 g/mol. The summed E-state index contributed by atoms with van der Waals surface area (Å²) in [6, 6.07) is 12.3. The molecule has 0 aliphatic heterocycles. The molecule has 0 bridgehead atoms. The maximum absolute atomic E-state index is 4.70. The third kappa shape index (κ3) is 4.92. The first-order valence-electron chi connectivity index (χ1n) is 10.1. The number of aryl methyl sites for hydroxylation is 1. The fourth-order valence-corrected chi connectivity index (χ4v) is 3.56. The van der Waals surface area contributed by atoms with Gasteiger partial charge in [0.15, 0.2) is 11.6 Å². The summed E-state index contributed by atoms with van der Waals surface area (Å²) in [4.78, 5) is 8.09. The molecule has 0 atom stereocenters. The van der Waals surface area contributed by atoms with E-state index < -0.39 is 0 Å². The Hall–Kier alpha value is -2.62. The molecule has 3 N–H and O–H groups in total. The Morgan fingerprint density at radius 3 is 2.87 bits per heavy atom. The molecule has 3 aromatic heterocycles. The Morgan fingerprint density at radius 2 is 2.00 bits per heavy atom. The number of fused-ring (bicyclic) bond motifs is 2.